The predicted octanol–water partition coefficient (Wildman–Crippen LogP) is 5.53. The molecule has 0 spiro atoms. The number of hydrogen-bond acceptors (Lipinski definition) is 4. The molecule has 0 N–H and O–H groups in total. The SMILES string of the molecule is O=C(CCCCl)Oc1ccc2c(c1)O/C(=C\c1ccc(Cl)cc1Cl)C2=O. The molecule has 26 heavy (non-hydrogen) atoms. The number of carbonyl (C=O) groups excluding carboxylic acids is 2. The summed E-state index contributed by atoms with van der Waals surface area (Å²) in [7, 11) is 0. The Morgan fingerprint density at radius 1 is 1.15 bits per heavy atom. The molecule has 0 saturated heterocycles. The molecule has 0 aromatic heterocycles. The number of carbonyl (C=O) groups is 2. The maximum Gasteiger partial charge on any atom is 0.311 e. The minimum atomic E-state index is -0.390. The van der Waals surface area contributed by atoms with Crippen molar-refractivity contribution in [2.24, 2.45) is 0 Å². The van der Waals surface area contributed by atoms with E-state index in [1.54, 1.807) is 36.4 Å². The zero-order valence-electron chi connectivity index (χ0n) is 13.4. The van der Waals surface area contributed by atoms with Gasteiger partial charge in [-0.2, -0.15) is 0 Å². The van der Waals surface area contributed by atoms with Gasteiger partial charge in [-0.05, 0) is 42.3 Å². The molecule has 0 bridgehead atoms. The molecular weight excluding hydrogens is 399 g/mol. The topological polar surface area (TPSA) is 52.6 Å². The van der Waals surface area contributed by atoms with Crippen LogP contribution in [0.15, 0.2) is 42.2 Å². The first-order valence-electron chi connectivity index (χ1n) is 7.78. The Balaban J connectivity index is 1.80. The Kier molecular flexibility index (Phi) is 5.87. The van der Waals surface area contributed by atoms with Crippen molar-refractivity contribution in [2.75, 3.05) is 5.88 Å². The normalized spacial score (nSPS) is 14.3. The van der Waals surface area contributed by atoms with E-state index >= 15 is 0 Å². The molecule has 0 unspecified atom stereocenters. The van der Waals surface area contributed by atoms with Crippen molar-refractivity contribution in [3.63, 3.8) is 0 Å². The predicted molar refractivity (Wildman–Crippen MR) is 101 cm³/mol. The van der Waals surface area contributed by atoms with Gasteiger partial charge in [0, 0.05) is 28.4 Å². The van der Waals surface area contributed by atoms with Crippen LogP contribution in [0.1, 0.15) is 28.8 Å². The smallest absolute Gasteiger partial charge is 0.311 e. The number of hydrogen-bond donors (Lipinski definition) is 0. The fourth-order valence-corrected chi connectivity index (χ4v) is 2.98. The van der Waals surface area contributed by atoms with Crippen LogP contribution in [-0.2, 0) is 4.79 Å². The molecule has 0 radical (unpaired) electrons. The number of Topliss-reactive ketones (excluding diaryl/α,β-unsaturated/α-hetero) is 1. The van der Waals surface area contributed by atoms with Gasteiger partial charge in [-0.3, -0.25) is 9.59 Å². The summed E-state index contributed by atoms with van der Waals surface area (Å²) in [4.78, 5) is 24.2. The van der Waals surface area contributed by atoms with E-state index in [9.17, 15) is 9.59 Å². The summed E-state index contributed by atoms with van der Waals surface area (Å²) in [6, 6.07) is 9.58. The summed E-state index contributed by atoms with van der Waals surface area (Å²) in [5, 5.41) is 0.908. The maximum atomic E-state index is 12.5. The van der Waals surface area contributed by atoms with Crippen molar-refractivity contribution in [2.45, 2.75) is 12.8 Å². The third-order valence-electron chi connectivity index (χ3n) is 3.64. The van der Waals surface area contributed by atoms with Gasteiger partial charge >= 0.3 is 5.97 Å². The monoisotopic (exact) mass is 410 g/mol. The van der Waals surface area contributed by atoms with Crippen LogP contribution in [0.5, 0.6) is 11.5 Å². The molecule has 0 aliphatic carbocycles. The minimum Gasteiger partial charge on any atom is -0.452 e. The zero-order valence-corrected chi connectivity index (χ0v) is 15.7. The molecule has 2 aromatic rings. The minimum absolute atomic E-state index is 0.134. The quantitative estimate of drug-likeness (QED) is 0.281. The number of benzene rings is 2. The van der Waals surface area contributed by atoms with Crippen LogP contribution in [-0.4, -0.2) is 17.6 Å². The van der Waals surface area contributed by atoms with E-state index in [2.05, 4.69) is 0 Å². The summed E-state index contributed by atoms with van der Waals surface area (Å²) in [6.45, 7) is 0. The summed E-state index contributed by atoms with van der Waals surface area (Å²) in [5.41, 5.74) is 1.00. The van der Waals surface area contributed by atoms with Crippen LogP contribution < -0.4 is 9.47 Å². The second-order valence-electron chi connectivity index (χ2n) is 5.53. The van der Waals surface area contributed by atoms with E-state index in [1.165, 1.54) is 6.07 Å². The first kappa shape index (κ1) is 18.8. The standard InChI is InChI=1S/C19H13Cl3O4/c20-7-1-2-18(23)25-13-5-6-14-16(10-13)26-17(19(14)24)8-11-3-4-12(21)9-15(11)22/h3-6,8-10H,1-2,7H2/b17-8-. The highest BCUT2D eigenvalue weighted by molar-refractivity contribution is 6.35. The number of ketones is 1. The van der Waals surface area contributed by atoms with Gasteiger partial charge in [0.15, 0.2) is 5.76 Å². The number of halogens is 3. The molecule has 1 aliphatic heterocycles. The highest BCUT2D eigenvalue weighted by atomic mass is 35.5. The molecule has 3 rings (SSSR count). The van der Waals surface area contributed by atoms with Crippen molar-refractivity contribution in [1.29, 1.82) is 0 Å². The lowest BCUT2D eigenvalue weighted by Crippen LogP contribution is -2.07. The van der Waals surface area contributed by atoms with E-state index in [-0.39, 0.29) is 18.0 Å². The lowest BCUT2D eigenvalue weighted by atomic mass is 10.1. The Bertz CT molecular complexity index is 906. The van der Waals surface area contributed by atoms with Gasteiger partial charge in [-0.1, -0.05) is 29.3 Å². The molecule has 0 fully saturated rings. The number of rotatable bonds is 5. The fourth-order valence-electron chi connectivity index (χ4n) is 2.38. The fraction of sp³-hybridized carbons (Fsp3) is 0.158. The number of ether oxygens (including phenoxy) is 2. The molecule has 4 nitrogen and oxygen atoms in total. The van der Waals surface area contributed by atoms with E-state index in [0.29, 0.717) is 45.0 Å². The van der Waals surface area contributed by atoms with Gasteiger partial charge in [0.2, 0.25) is 5.78 Å². The van der Waals surface area contributed by atoms with Gasteiger partial charge in [-0.25, -0.2) is 0 Å². The molecule has 1 aliphatic rings. The maximum absolute atomic E-state index is 12.5. The van der Waals surface area contributed by atoms with Crippen molar-refractivity contribution in [3.05, 3.63) is 63.3 Å². The van der Waals surface area contributed by atoms with E-state index in [4.69, 9.17) is 44.3 Å². The lowest BCUT2D eigenvalue weighted by molar-refractivity contribution is -0.134. The first-order chi connectivity index (χ1) is 12.5. The summed E-state index contributed by atoms with van der Waals surface area (Å²) in [5.74, 6) is 0.494. The highest BCUT2D eigenvalue weighted by Crippen LogP contribution is 2.35. The average molecular weight is 412 g/mol. The van der Waals surface area contributed by atoms with E-state index in [1.807, 2.05) is 0 Å². The molecule has 2 aromatic carbocycles. The molecule has 0 saturated carbocycles. The van der Waals surface area contributed by atoms with E-state index < -0.39 is 5.97 Å². The molecule has 0 amide bonds. The Labute approximate surface area is 165 Å². The Morgan fingerprint density at radius 3 is 2.69 bits per heavy atom. The lowest BCUT2D eigenvalue weighted by Gasteiger charge is -2.05. The third kappa shape index (κ3) is 4.21. The summed E-state index contributed by atoms with van der Waals surface area (Å²) < 4.78 is 10.8. The van der Waals surface area contributed by atoms with Gasteiger partial charge in [0.05, 0.1) is 5.56 Å². The molecule has 0 atom stereocenters. The molecular formula is C19H13Cl3O4. The first-order valence-corrected chi connectivity index (χ1v) is 9.07. The Hall–Kier alpha value is -2.01. The largest absolute Gasteiger partial charge is 0.452 e. The molecule has 134 valence electrons. The van der Waals surface area contributed by atoms with Crippen LogP contribution in [0.2, 0.25) is 10.0 Å². The van der Waals surface area contributed by atoms with Crippen molar-refractivity contribution >= 4 is 52.6 Å². The summed E-state index contributed by atoms with van der Waals surface area (Å²) >= 11 is 17.6. The second-order valence-corrected chi connectivity index (χ2v) is 6.75. The van der Waals surface area contributed by atoms with Crippen LogP contribution in [0.25, 0.3) is 6.08 Å². The third-order valence-corrected chi connectivity index (χ3v) is 4.47. The van der Waals surface area contributed by atoms with Crippen LogP contribution >= 0.6 is 34.8 Å². The van der Waals surface area contributed by atoms with Crippen molar-refractivity contribution in [3.8, 4) is 11.5 Å². The van der Waals surface area contributed by atoms with Crippen LogP contribution in [0, 0.1) is 0 Å². The molecule has 7 heteroatoms. The Morgan fingerprint density at radius 2 is 1.96 bits per heavy atom. The highest BCUT2D eigenvalue weighted by Gasteiger charge is 2.28. The van der Waals surface area contributed by atoms with Crippen LogP contribution in [0.3, 0.4) is 0 Å². The van der Waals surface area contributed by atoms with Crippen LogP contribution in [0.4, 0.5) is 0 Å². The second kappa shape index (κ2) is 8.12. The van der Waals surface area contributed by atoms with E-state index in [0.717, 1.165) is 0 Å². The number of fused-ring (bicyclic) bond motifs is 1. The zero-order chi connectivity index (χ0) is 18.7. The van der Waals surface area contributed by atoms with Gasteiger partial charge < -0.3 is 9.47 Å². The van der Waals surface area contributed by atoms with Gasteiger partial charge in [-0.15, -0.1) is 11.6 Å². The number of esters is 1. The molecule has 1 heterocycles. The van der Waals surface area contributed by atoms with Crippen molar-refractivity contribution in [1.82, 2.24) is 0 Å². The van der Waals surface area contributed by atoms with Gasteiger partial charge in [0.25, 0.3) is 0 Å². The number of alkyl halides is 1. The van der Waals surface area contributed by atoms with Gasteiger partial charge in [0.1, 0.15) is 11.5 Å². The summed E-state index contributed by atoms with van der Waals surface area (Å²) in [6.07, 6.45) is 2.31. The average Bonchev–Trinajstić information content (AvgIpc) is 2.91. The number of allylic oxidation sites excluding steroid dienone is 1. The van der Waals surface area contributed by atoms with Crippen molar-refractivity contribution < 1.29 is 19.1 Å².